The summed E-state index contributed by atoms with van der Waals surface area (Å²) in [6.45, 7) is 1.99. The molecule has 1 N–H and O–H groups in total. The van der Waals surface area contributed by atoms with E-state index in [1.165, 1.54) is 0 Å². The highest BCUT2D eigenvalue weighted by Gasteiger charge is 2.18. The Labute approximate surface area is 181 Å². The number of amides is 1. The van der Waals surface area contributed by atoms with Gasteiger partial charge in [-0.25, -0.2) is 0 Å². The van der Waals surface area contributed by atoms with Crippen LogP contribution in [0.15, 0.2) is 109 Å². The third kappa shape index (κ3) is 3.51. The van der Waals surface area contributed by atoms with Crippen LogP contribution < -0.4 is 5.32 Å². The molecule has 3 heteroatoms. The van der Waals surface area contributed by atoms with E-state index in [1.54, 1.807) is 0 Å². The number of hydrogen-bond acceptors (Lipinski definition) is 1. The highest BCUT2D eigenvalue weighted by molar-refractivity contribution is 6.08. The van der Waals surface area contributed by atoms with Gasteiger partial charge < -0.3 is 9.88 Å². The first-order valence-electron chi connectivity index (χ1n) is 10.3. The molecule has 150 valence electrons. The number of para-hydroxylation sites is 3. The van der Waals surface area contributed by atoms with Crippen LogP contribution in [0.1, 0.15) is 15.9 Å². The summed E-state index contributed by atoms with van der Waals surface area (Å²) in [6, 6.07) is 36.3. The quantitative estimate of drug-likeness (QED) is 0.350. The van der Waals surface area contributed by atoms with E-state index in [0.717, 1.165) is 39.1 Å². The molecule has 1 aromatic heterocycles. The first-order chi connectivity index (χ1) is 15.2. The Balaban J connectivity index is 1.69. The lowest BCUT2D eigenvalue weighted by Crippen LogP contribution is -2.16. The summed E-state index contributed by atoms with van der Waals surface area (Å²) in [5.74, 6) is -0.123. The molecule has 0 saturated heterocycles. The Morgan fingerprint density at radius 3 is 2.26 bits per heavy atom. The van der Waals surface area contributed by atoms with Crippen LogP contribution in [0.3, 0.4) is 0 Å². The molecular formula is C28H22N2O. The smallest absolute Gasteiger partial charge is 0.257 e. The Bertz CT molecular complexity index is 1380. The SMILES string of the molecule is Cc1ccccc1NC(=O)c1ccccc1-n1c(-c2ccccc2)cc2ccccc21. The number of hydrogen-bond donors (Lipinski definition) is 1. The molecule has 0 saturated carbocycles. The van der Waals surface area contributed by atoms with E-state index in [2.05, 4.69) is 40.2 Å². The molecule has 4 aromatic carbocycles. The second kappa shape index (κ2) is 7.96. The van der Waals surface area contributed by atoms with Crippen molar-refractivity contribution in [3.05, 3.63) is 120 Å². The van der Waals surface area contributed by atoms with Crippen LogP contribution in [0.5, 0.6) is 0 Å². The van der Waals surface area contributed by atoms with Crippen LogP contribution in [0.4, 0.5) is 5.69 Å². The van der Waals surface area contributed by atoms with E-state index < -0.39 is 0 Å². The van der Waals surface area contributed by atoms with Crippen molar-refractivity contribution in [3.8, 4) is 16.9 Å². The van der Waals surface area contributed by atoms with Crippen LogP contribution in [0, 0.1) is 6.92 Å². The zero-order valence-electron chi connectivity index (χ0n) is 17.2. The predicted octanol–water partition coefficient (Wildman–Crippen LogP) is 6.86. The maximum absolute atomic E-state index is 13.3. The Morgan fingerprint density at radius 2 is 1.42 bits per heavy atom. The number of nitrogens with zero attached hydrogens (tertiary/aromatic N) is 1. The lowest BCUT2D eigenvalue weighted by Gasteiger charge is -2.16. The second-order valence-electron chi connectivity index (χ2n) is 7.58. The zero-order chi connectivity index (χ0) is 21.2. The fourth-order valence-electron chi connectivity index (χ4n) is 4.00. The summed E-state index contributed by atoms with van der Waals surface area (Å²) in [6.07, 6.45) is 0. The molecule has 0 aliphatic heterocycles. The molecule has 0 fully saturated rings. The maximum atomic E-state index is 13.3. The number of aromatic nitrogens is 1. The number of rotatable bonds is 4. The van der Waals surface area contributed by atoms with Crippen LogP contribution in [0.25, 0.3) is 27.8 Å². The van der Waals surface area contributed by atoms with Crippen molar-refractivity contribution in [2.75, 3.05) is 5.32 Å². The van der Waals surface area contributed by atoms with Gasteiger partial charge in [0.15, 0.2) is 0 Å². The van der Waals surface area contributed by atoms with Crippen molar-refractivity contribution in [1.82, 2.24) is 4.57 Å². The first-order valence-corrected chi connectivity index (χ1v) is 10.3. The Kier molecular flexibility index (Phi) is 4.85. The lowest BCUT2D eigenvalue weighted by molar-refractivity contribution is 0.102. The molecule has 0 radical (unpaired) electrons. The predicted molar refractivity (Wildman–Crippen MR) is 128 cm³/mol. The Morgan fingerprint density at radius 1 is 0.742 bits per heavy atom. The first kappa shape index (κ1) is 18.9. The van der Waals surface area contributed by atoms with Crippen LogP contribution in [0.2, 0.25) is 0 Å². The summed E-state index contributed by atoms with van der Waals surface area (Å²) < 4.78 is 2.18. The minimum absolute atomic E-state index is 0.123. The van der Waals surface area contributed by atoms with Gasteiger partial charge in [-0.3, -0.25) is 4.79 Å². The molecular weight excluding hydrogens is 380 g/mol. The molecule has 31 heavy (non-hydrogen) atoms. The second-order valence-corrected chi connectivity index (χ2v) is 7.58. The third-order valence-electron chi connectivity index (χ3n) is 5.56. The van der Waals surface area contributed by atoms with Crippen molar-refractivity contribution in [1.29, 1.82) is 0 Å². The number of carbonyl (C=O) groups excluding carboxylic acids is 1. The van der Waals surface area contributed by atoms with Gasteiger partial charge in [0, 0.05) is 11.1 Å². The van der Waals surface area contributed by atoms with Gasteiger partial charge >= 0.3 is 0 Å². The zero-order valence-corrected chi connectivity index (χ0v) is 17.2. The van der Waals surface area contributed by atoms with Gasteiger partial charge in [-0.05, 0) is 48.4 Å². The average Bonchev–Trinajstić information content (AvgIpc) is 3.20. The molecule has 5 aromatic rings. The molecule has 1 amide bonds. The van der Waals surface area contributed by atoms with Crippen molar-refractivity contribution < 1.29 is 4.79 Å². The van der Waals surface area contributed by atoms with E-state index in [-0.39, 0.29) is 5.91 Å². The summed E-state index contributed by atoms with van der Waals surface area (Å²) in [4.78, 5) is 13.3. The van der Waals surface area contributed by atoms with Crippen LogP contribution in [-0.4, -0.2) is 10.5 Å². The molecule has 0 bridgehead atoms. The largest absolute Gasteiger partial charge is 0.322 e. The molecule has 0 unspecified atom stereocenters. The molecule has 0 aliphatic carbocycles. The molecule has 0 spiro atoms. The monoisotopic (exact) mass is 402 g/mol. The van der Waals surface area contributed by atoms with E-state index in [0.29, 0.717) is 5.56 Å². The number of benzene rings is 4. The standard InChI is InChI=1S/C28H22N2O/c1-20-11-5-8-16-24(20)29-28(31)23-15-7-10-18-26(23)30-25-17-9-6-14-22(25)19-27(30)21-12-3-2-4-13-21/h2-19H,1H3,(H,29,31). The fourth-order valence-corrected chi connectivity index (χ4v) is 4.00. The Hall–Kier alpha value is -4.11. The van der Waals surface area contributed by atoms with E-state index in [9.17, 15) is 4.79 Å². The summed E-state index contributed by atoms with van der Waals surface area (Å²) in [7, 11) is 0. The highest BCUT2D eigenvalue weighted by Crippen LogP contribution is 2.33. The van der Waals surface area contributed by atoms with Crippen LogP contribution in [-0.2, 0) is 0 Å². The molecule has 3 nitrogen and oxygen atoms in total. The molecule has 5 rings (SSSR count). The van der Waals surface area contributed by atoms with E-state index in [4.69, 9.17) is 0 Å². The van der Waals surface area contributed by atoms with Crippen LogP contribution >= 0.6 is 0 Å². The summed E-state index contributed by atoms with van der Waals surface area (Å²) in [5, 5.41) is 4.22. The molecule has 0 aliphatic rings. The molecule has 1 heterocycles. The summed E-state index contributed by atoms with van der Waals surface area (Å²) in [5.41, 5.74) is 6.56. The lowest BCUT2D eigenvalue weighted by atomic mass is 10.1. The van der Waals surface area contributed by atoms with E-state index in [1.807, 2.05) is 85.8 Å². The number of fused-ring (bicyclic) bond motifs is 1. The van der Waals surface area contributed by atoms with Gasteiger partial charge in [0.2, 0.25) is 0 Å². The average molecular weight is 402 g/mol. The van der Waals surface area contributed by atoms with E-state index >= 15 is 0 Å². The minimum Gasteiger partial charge on any atom is -0.322 e. The van der Waals surface area contributed by atoms with Crippen molar-refractivity contribution in [3.63, 3.8) is 0 Å². The summed E-state index contributed by atoms with van der Waals surface area (Å²) >= 11 is 0. The maximum Gasteiger partial charge on any atom is 0.257 e. The number of nitrogens with one attached hydrogen (secondary N) is 1. The number of aryl methyl sites for hydroxylation is 1. The van der Waals surface area contributed by atoms with Gasteiger partial charge in [0.05, 0.1) is 22.5 Å². The van der Waals surface area contributed by atoms with Gasteiger partial charge in [-0.2, -0.15) is 0 Å². The van der Waals surface area contributed by atoms with Gasteiger partial charge in [0.1, 0.15) is 0 Å². The normalized spacial score (nSPS) is 10.9. The minimum atomic E-state index is -0.123. The van der Waals surface area contributed by atoms with Crippen molar-refractivity contribution in [2.45, 2.75) is 6.92 Å². The van der Waals surface area contributed by atoms with Gasteiger partial charge in [-0.15, -0.1) is 0 Å². The van der Waals surface area contributed by atoms with Gasteiger partial charge in [0.25, 0.3) is 5.91 Å². The van der Waals surface area contributed by atoms with Gasteiger partial charge in [-0.1, -0.05) is 78.9 Å². The number of carbonyl (C=O) groups is 1. The third-order valence-corrected chi connectivity index (χ3v) is 5.56. The number of anilines is 1. The molecule has 0 atom stereocenters. The topological polar surface area (TPSA) is 34.0 Å². The van der Waals surface area contributed by atoms with Crippen molar-refractivity contribution in [2.24, 2.45) is 0 Å². The highest BCUT2D eigenvalue weighted by atomic mass is 16.1. The van der Waals surface area contributed by atoms with Crippen molar-refractivity contribution >= 4 is 22.5 Å². The fraction of sp³-hybridized carbons (Fsp3) is 0.0357.